The van der Waals surface area contributed by atoms with Crippen LogP contribution in [-0.4, -0.2) is 23.9 Å². The number of ether oxygens (including phenoxy) is 1. The van der Waals surface area contributed by atoms with E-state index in [0.717, 1.165) is 29.5 Å². The summed E-state index contributed by atoms with van der Waals surface area (Å²) in [5, 5.41) is 4.18. The molecule has 0 fully saturated rings. The van der Waals surface area contributed by atoms with Gasteiger partial charge in [-0.05, 0) is 36.6 Å². The molecule has 1 atom stereocenters. The van der Waals surface area contributed by atoms with E-state index >= 15 is 0 Å². The number of nitrogens with one attached hydrogen (secondary N) is 1. The first-order valence-corrected chi connectivity index (χ1v) is 7.89. The van der Waals surface area contributed by atoms with E-state index in [1.807, 2.05) is 0 Å². The number of carbonyl (C=O) groups excluding carboxylic acids is 3. The van der Waals surface area contributed by atoms with Crippen LogP contribution >= 0.6 is 22.9 Å². The summed E-state index contributed by atoms with van der Waals surface area (Å²) in [7, 11) is 0. The second-order valence-corrected chi connectivity index (χ2v) is 6.01. The summed E-state index contributed by atoms with van der Waals surface area (Å²) < 4.78 is 18.0. The molecule has 24 heavy (non-hydrogen) atoms. The maximum Gasteiger partial charge on any atom is 0.340 e. The van der Waals surface area contributed by atoms with Gasteiger partial charge in [0.05, 0.1) is 16.1 Å². The third-order valence-electron chi connectivity index (χ3n) is 2.97. The molecule has 0 aliphatic carbocycles. The van der Waals surface area contributed by atoms with Crippen LogP contribution in [0.15, 0.2) is 29.6 Å². The molecule has 126 valence electrons. The molecule has 0 aliphatic heterocycles. The summed E-state index contributed by atoms with van der Waals surface area (Å²) in [6.07, 6.45) is -1.17. The maximum atomic E-state index is 13.0. The van der Waals surface area contributed by atoms with Gasteiger partial charge in [-0.2, -0.15) is 0 Å². The summed E-state index contributed by atoms with van der Waals surface area (Å²) in [4.78, 5) is 35.3. The Bertz CT molecular complexity index is 809. The molecule has 0 spiro atoms. The van der Waals surface area contributed by atoms with Crippen LogP contribution in [0.1, 0.15) is 27.6 Å². The standard InChI is InChI=1S/C15H12ClFN2O4S/c1-7(13(21)19-14-10(12(18)20)4-5-24-14)23-15(22)9-3-2-8(17)6-11(9)16/h2-7H,1H3,(H2,18,20)(H,19,21). The SMILES string of the molecule is CC(OC(=O)c1ccc(F)cc1Cl)C(=O)Nc1sccc1C(N)=O. The molecule has 1 aromatic heterocycles. The second kappa shape index (κ2) is 7.41. The van der Waals surface area contributed by atoms with Crippen LogP contribution in [0, 0.1) is 5.82 Å². The van der Waals surface area contributed by atoms with E-state index in [-0.39, 0.29) is 21.2 Å². The molecule has 0 radical (unpaired) electrons. The number of hydrogen-bond donors (Lipinski definition) is 2. The Kier molecular flexibility index (Phi) is 5.53. The van der Waals surface area contributed by atoms with Gasteiger partial charge >= 0.3 is 5.97 Å². The Hall–Kier alpha value is -2.45. The van der Waals surface area contributed by atoms with Crippen LogP contribution in [0.4, 0.5) is 9.39 Å². The maximum absolute atomic E-state index is 13.0. The van der Waals surface area contributed by atoms with Gasteiger partial charge in [0.1, 0.15) is 10.8 Å². The average molecular weight is 371 g/mol. The minimum atomic E-state index is -1.17. The highest BCUT2D eigenvalue weighted by molar-refractivity contribution is 7.14. The van der Waals surface area contributed by atoms with Gasteiger partial charge in [-0.15, -0.1) is 11.3 Å². The van der Waals surface area contributed by atoms with Gasteiger partial charge in [0.15, 0.2) is 6.10 Å². The topological polar surface area (TPSA) is 98.5 Å². The number of anilines is 1. The molecule has 3 N–H and O–H groups in total. The third-order valence-corrected chi connectivity index (χ3v) is 4.11. The molecule has 0 saturated carbocycles. The quantitative estimate of drug-likeness (QED) is 0.790. The number of hydrogen-bond acceptors (Lipinski definition) is 5. The number of halogens is 2. The lowest BCUT2D eigenvalue weighted by Gasteiger charge is -2.14. The van der Waals surface area contributed by atoms with Crippen LogP contribution in [0.25, 0.3) is 0 Å². The summed E-state index contributed by atoms with van der Waals surface area (Å²) in [5.74, 6) is -2.80. The molecule has 0 aliphatic rings. The van der Waals surface area contributed by atoms with Gasteiger partial charge in [-0.1, -0.05) is 11.6 Å². The van der Waals surface area contributed by atoms with Crippen LogP contribution < -0.4 is 11.1 Å². The number of esters is 1. The number of thiophene rings is 1. The highest BCUT2D eigenvalue weighted by Crippen LogP contribution is 2.23. The van der Waals surface area contributed by atoms with Gasteiger partial charge < -0.3 is 15.8 Å². The first-order valence-electron chi connectivity index (χ1n) is 6.63. The van der Waals surface area contributed by atoms with Crippen LogP contribution in [0.5, 0.6) is 0 Å². The zero-order chi connectivity index (χ0) is 17.9. The largest absolute Gasteiger partial charge is 0.449 e. The van der Waals surface area contributed by atoms with E-state index in [1.165, 1.54) is 13.0 Å². The van der Waals surface area contributed by atoms with Crippen molar-refractivity contribution in [1.29, 1.82) is 0 Å². The lowest BCUT2D eigenvalue weighted by molar-refractivity contribution is -0.123. The molecule has 1 heterocycles. The molecule has 2 rings (SSSR count). The van der Waals surface area contributed by atoms with Gasteiger partial charge in [0, 0.05) is 0 Å². The first-order chi connectivity index (χ1) is 11.3. The van der Waals surface area contributed by atoms with Crippen molar-refractivity contribution < 1.29 is 23.5 Å². The molecular weight excluding hydrogens is 359 g/mol. The minimum absolute atomic E-state index is 0.0633. The Morgan fingerprint density at radius 1 is 1.29 bits per heavy atom. The normalized spacial score (nSPS) is 11.6. The van der Waals surface area contributed by atoms with Crippen LogP contribution in [0.3, 0.4) is 0 Å². The first kappa shape index (κ1) is 17.9. The summed E-state index contributed by atoms with van der Waals surface area (Å²) in [6, 6.07) is 4.65. The molecule has 1 unspecified atom stereocenters. The molecule has 0 bridgehead atoms. The number of carbonyl (C=O) groups is 3. The molecule has 9 heteroatoms. The van der Waals surface area contributed by atoms with Crippen molar-refractivity contribution in [3.05, 3.63) is 51.6 Å². The Morgan fingerprint density at radius 2 is 2.00 bits per heavy atom. The minimum Gasteiger partial charge on any atom is -0.449 e. The number of rotatable bonds is 5. The van der Waals surface area contributed by atoms with Gasteiger partial charge in [0.25, 0.3) is 11.8 Å². The van der Waals surface area contributed by atoms with E-state index in [4.69, 9.17) is 22.1 Å². The summed E-state index contributed by atoms with van der Waals surface area (Å²) >= 11 is 6.87. The molecular formula is C15H12ClFN2O4S. The van der Waals surface area contributed by atoms with Gasteiger partial charge in [-0.25, -0.2) is 9.18 Å². The van der Waals surface area contributed by atoms with Crippen LogP contribution in [-0.2, 0) is 9.53 Å². The van der Waals surface area contributed by atoms with Crippen molar-refractivity contribution >= 4 is 45.7 Å². The van der Waals surface area contributed by atoms with Crippen molar-refractivity contribution in [2.45, 2.75) is 13.0 Å². The average Bonchev–Trinajstić information content (AvgIpc) is 2.95. The smallest absolute Gasteiger partial charge is 0.340 e. The molecule has 2 aromatic rings. The number of nitrogens with two attached hydrogens (primary N) is 1. The van der Waals surface area contributed by atoms with E-state index in [0.29, 0.717) is 0 Å². The van der Waals surface area contributed by atoms with E-state index in [9.17, 15) is 18.8 Å². The van der Waals surface area contributed by atoms with Crippen molar-refractivity contribution in [2.75, 3.05) is 5.32 Å². The molecule has 6 nitrogen and oxygen atoms in total. The summed E-state index contributed by atoms with van der Waals surface area (Å²) in [5.41, 5.74) is 5.28. The van der Waals surface area contributed by atoms with E-state index in [2.05, 4.69) is 5.32 Å². The Balaban J connectivity index is 2.04. The fourth-order valence-electron chi connectivity index (χ4n) is 1.75. The fourth-order valence-corrected chi connectivity index (χ4v) is 2.79. The predicted molar refractivity (Wildman–Crippen MR) is 87.8 cm³/mol. The van der Waals surface area contributed by atoms with Crippen molar-refractivity contribution in [1.82, 2.24) is 0 Å². The molecule has 1 aromatic carbocycles. The van der Waals surface area contributed by atoms with Gasteiger partial charge in [-0.3, -0.25) is 9.59 Å². The lowest BCUT2D eigenvalue weighted by atomic mass is 10.2. The lowest BCUT2D eigenvalue weighted by Crippen LogP contribution is -2.30. The van der Waals surface area contributed by atoms with Crippen LogP contribution in [0.2, 0.25) is 5.02 Å². The van der Waals surface area contributed by atoms with E-state index in [1.54, 1.807) is 5.38 Å². The third kappa shape index (κ3) is 4.09. The molecule has 2 amide bonds. The zero-order valence-electron chi connectivity index (χ0n) is 12.3. The Morgan fingerprint density at radius 3 is 2.62 bits per heavy atom. The molecule has 0 saturated heterocycles. The van der Waals surface area contributed by atoms with Crippen molar-refractivity contribution in [3.8, 4) is 0 Å². The summed E-state index contributed by atoms with van der Waals surface area (Å²) in [6.45, 7) is 1.35. The number of benzene rings is 1. The second-order valence-electron chi connectivity index (χ2n) is 4.69. The van der Waals surface area contributed by atoms with Crippen molar-refractivity contribution in [2.24, 2.45) is 5.73 Å². The number of primary amides is 1. The van der Waals surface area contributed by atoms with Crippen molar-refractivity contribution in [3.63, 3.8) is 0 Å². The number of amides is 2. The van der Waals surface area contributed by atoms with Gasteiger partial charge in [0.2, 0.25) is 0 Å². The highest BCUT2D eigenvalue weighted by Gasteiger charge is 2.22. The van der Waals surface area contributed by atoms with E-state index < -0.39 is 29.7 Å². The Labute approximate surface area is 145 Å². The highest BCUT2D eigenvalue weighted by atomic mass is 35.5. The predicted octanol–water partition coefficient (Wildman–Crippen LogP) is 2.82. The fraction of sp³-hybridized carbons (Fsp3) is 0.133. The zero-order valence-corrected chi connectivity index (χ0v) is 13.9. The monoisotopic (exact) mass is 370 g/mol.